The maximum Gasteiger partial charge on any atom is 0.162 e. The second kappa shape index (κ2) is 15.2. The number of Topliss-reactive ketones (excluding diaryl/α,β-unsaturated/α-hetero) is 2. The zero-order valence-corrected chi connectivity index (χ0v) is 23.8. The van der Waals surface area contributed by atoms with E-state index in [4.69, 9.17) is 18.9 Å². The maximum atomic E-state index is 13.1. The molecule has 0 amide bonds. The van der Waals surface area contributed by atoms with E-state index < -0.39 is 6.10 Å². The summed E-state index contributed by atoms with van der Waals surface area (Å²) < 4.78 is 21.9. The molecule has 4 rings (SSSR count). The van der Waals surface area contributed by atoms with Crippen LogP contribution in [0.4, 0.5) is 0 Å². The molecule has 2 aromatic carbocycles. The van der Waals surface area contributed by atoms with Crippen molar-refractivity contribution in [2.75, 3.05) is 47.1 Å². The van der Waals surface area contributed by atoms with Crippen molar-refractivity contribution in [3.05, 3.63) is 53.6 Å². The first-order valence-electron chi connectivity index (χ1n) is 14.5. The molecule has 8 heteroatoms. The molecule has 2 aliphatic heterocycles. The third-order valence-corrected chi connectivity index (χ3v) is 7.94. The van der Waals surface area contributed by atoms with Crippen molar-refractivity contribution < 1.29 is 33.6 Å². The van der Waals surface area contributed by atoms with Gasteiger partial charge in [-0.05, 0) is 74.2 Å². The molecule has 2 aromatic rings. The van der Waals surface area contributed by atoms with Gasteiger partial charge in [0.2, 0.25) is 0 Å². The zero-order chi connectivity index (χ0) is 28.3. The number of likely N-dealkylation sites (tertiary alicyclic amines) is 1. The molecule has 8 nitrogen and oxygen atoms in total. The van der Waals surface area contributed by atoms with Crippen molar-refractivity contribution in [3.63, 3.8) is 0 Å². The van der Waals surface area contributed by atoms with Crippen LogP contribution in [0.5, 0.6) is 17.2 Å². The van der Waals surface area contributed by atoms with Crippen LogP contribution in [-0.2, 0) is 9.53 Å². The lowest BCUT2D eigenvalue weighted by Gasteiger charge is -2.31. The molecule has 1 saturated heterocycles. The summed E-state index contributed by atoms with van der Waals surface area (Å²) in [7, 11) is 3.32. The highest BCUT2D eigenvalue weighted by Gasteiger charge is 2.32. The average Bonchev–Trinajstić information content (AvgIpc) is 3.42. The number of ether oxygens (including phenoxy) is 4. The van der Waals surface area contributed by atoms with Gasteiger partial charge >= 0.3 is 0 Å². The van der Waals surface area contributed by atoms with Crippen LogP contribution in [0.2, 0.25) is 0 Å². The second-order valence-corrected chi connectivity index (χ2v) is 10.8. The summed E-state index contributed by atoms with van der Waals surface area (Å²) in [6, 6.07) is 13.0. The minimum Gasteiger partial charge on any atom is -0.497 e. The summed E-state index contributed by atoms with van der Waals surface area (Å²) in [5.74, 6) is 2.05. The minimum absolute atomic E-state index is 0.104. The van der Waals surface area contributed by atoms with E-state index in [0.717, 1.165) is 50.0 Å². The highest BCUT2D eigenvalue weighted by atomic mass is 16.6. The zero-order valence-electron chi connectivity index (χ0n) is 23.8. The van der Waals surface area contributed by atoms with Crippen LogP contribution in [0.25, 0.3) is 0 Å². The Morgan fingerprint density at radius 1 is 1.00 bits per heavy atom. The molecule has 1 N–H and O–H groups in total. The Bertz CT molecular complexity index is 1100. The topological polar surface area (TPSA) is 94.5 Å². The van der Waals surface area contributed by atoms with Gasteiger partial charge in [0, 0.05) is 50.4 Å². The lowest BCUT2D eigenvalue weighted by Crippen LogP contribution is -2.39. The molecule has 0 aromatic heterocycles. The smallest absolute Gasteiger partial charge is 0.162 e. The van der Waals surface area contributed by atoms with Gasteiger partial charge in [-0.25, -0.2) is 0 Å². The fraction of sp³-hybridized carbons (Fsp3) is 0.562. The Kier molecular flexibility index (Phi) is 11.4. The van der Waals surface area contributed by atoms with Gasteiger partial charge < -0.3 is 24.1 Å². The standard InChI is InChI=1S/C32H43NO7/c1-37-22-26-7-6-16-33(26)21-25(32(36)24-12-15-30-31(20-24)40-18-17-39-30)19-27(34)8-4-3-5-9-29(35)23-10-13-28(38-2)14-11-23/h10-15,20,25-26,32,36H,3-9,16-19,21-22H2,1-2H3/t25-,26?,32-/m1/s1. The van der Waals surface area contributed by atoms with Crippen molar-refractivity contribution in [1.82, 2.24) is 4.90 Å². The summed E-state index contributed by atoms with van der Waals surface area (Å²) in [6.45, 7) is 3.21. The summed E-state index contributed by atoms with van der Waals surface area (Å²) in [4.78, 5) is 27.9. The van der Waals surface area contributed by atoms with Crippen LogP contribution in [-0.4, -0.2) is 74.7 Å². The van der Waals surface area contributed by atoms with Crippen molar-refractivity contribution in [2.45, 2.75) is 63.5 Å². The van der Waals surface area contributed by atoms with E-state index in [1.807, 2.05) is 18.2 Å². The number of fused-ring (bicyclic) bond motifs is 1. The highest BCUT2D eigenvalue weighted by molar-refractivity contribution is 5.96. The number of benzene rings is 2. The summed E-state index contributed by atoms with van der Waals surface area (Å²) in [5, 5.41) is 11.5. The first-order chi connectivity index (χ1) is 19.5. The molecule has 3 atom stereocenters. The third-order valence-electron chi connectivity index (χ3n) is 7.94. The fourth-order valence-electron chi connectivity index (χ4n) is 5.71. The molecule has 40 heavy (non-hydrogen) atoms. The molecule has 2 heterocycles. The predicted molar refractivity (Wildman–Crippen MR) is 152 cm³/mol. The van der Waals surface area contributed by atoms with Crippen LogP contribution >= 0.6 is 0 Å². The first-order valence-corrected chi connectivity index (χ1v) is 14.5. The number of carbonyl (C=O) groups is 2. The van der Waals surface area contributed by atoms with E-state index in [0.29, 0.717) is 68.7 Å². The van der Waals surface area contributed by atoms with Gasteiger partial charge in [0.05, 0.1) is 19.8 Å². The molecule has 1 unspecified atom stereocenters. The van der Waals surface area contributed by atoms with Gasteiger partial charge in [0.1, 0.15) is 24.7 Å². The number of methoxy groups -OCH3 is 2. The molecular formula is C32H43NO7. The van der Waals surface area contributed by atoms with Crippen molar-refractivity contribution in [3.8, 4) is 17.2 Å². The molecule has 0 saturated carbocycles. The summed E-state index contributed by atoms with van der Waals surface area (Å²) in [5.41, 5.74) is 1.42. The number of carbonyl (C=O) groups excluding carboxylic acids is 2. The van der Waals surface area contributed by atoms with E-state index in [-0.39, 0.29) is 17.5 Å². The first kappa shape index (κ1) is 30.0. The van der Waals surface area contributed by atoms with E-state index >= 15 is 0 Å². The second-order valence-electron chi connectivity index (χ2n) is 10.8. The van der Waals surface area contributed by atoms with Gasteiger partial charge in [0.15, 0.2) is 17.3 Å². The van der Waals surface area contributed by atoms with Crippen molar-refractivity contribution >= 4 is 11.6 Å². The number of rotatable bonds is 16. The van der Waals surface area contributed by atoms with Crippen LogP contribution in [0.15, 0.2) is 42.5 Å². The number of nitrogens with zero attached hydrogens (tertiary/aromatic N) is 1. The average molecular weight is 554 g/mol. The third kappa shape index (κ3) is 8.29. The Balaban J connectivity index is 1.30. The normalized spacial score (nSPS) is 18.3. The van der Waals surface area contributed by atoms with Gasteiger partial charge in [-0.1, -0.05) is 12.5 Å². The fourth-order valence-corrected chi connectivity index (χ4v) is 5.71. The van der Waals surface area contributed by atoms with Crippen LogP contribution in [0, 0.1) is 5.92 Å². The lowest BCUT2D eigenvalue weighted by atomic mass is 9.89. The number of ketones is 2. The van der Waals surface area contributed by atoms with Gasteiger partial charge in [-0.2, -0.15) is 0 Å². The summed E-state index contributed by atoms with van der Waals surface area (Å²) in [6.07, 6.45) is 4.84. The van der Waals surface area contributed by atoms with E-state index in [1.165, 1.54) is 0 Å². The summed E-state index contributed by atoms with van der Waals surface area (Å²) >= 11 is 0. The molecule has 2 aliphatic rings. The Morgan fingerprint density at radius 3 is 2.50 bits per heavy atom. The van der Waals surface area contributed by atoms with Crippen LogP contribution in [0.3, 0.4) is 0 Å². The maximum absolute atomic E-state index is 13.1. The van der Waals surface area contributed by atoms with Crippen LogP contribution < -0.4 is 14.2 Å². The number of unbranched alkanes of at least 4 members (excludes halogenated alkanes) is 2. The van der Waals surface area contributed by atoms with Crippen LogP contribution in [0.1, 0.15) is 73.4 Å². The molecule has 218 valence electrons. The Labute approximate surface area is 237 Å². The molecule has 0 bridgehead atoms. The van der Waals surface area contributed by atoms with Gasteiger partial charge in [0.25, 0.3) is 0 Å². The highest BCUT2D eigenvalue weighted by Crippen LogP contribution is 2.36. The molecule has 0 spiro atoms. The van der Waals surface area contributed by atoms with Crippen molar-refractivity contribution in [1.29, 1.82) is 0 Å². The van der Waals surface area contributed by atoms with Gasteiger partial charge in [-0.15, -0.1) is 0 Å². The molecular weight excluding hydrogens is 510 g/mol. The SMILES string of the molecule is COCC1CCCN1C[C@@H](CC(=O)CCCCCC(=O)c1ccc(OC)cc1)[C@H](O)c1ccc2c(c1)OCCO2. The van der Waals surface area contributed by atoms with Gasteiger partial charge in [-0.3, -0.25) is 14.5 Å². The monoisotopic (exact) mass is 553 g/mol. The van der Waals surface area contributed by atoms with E-state index in [2.05, 4.69) is 4.90 Å². The number of aliphatic hydroxyl groups excluding tert-OH is 1. The lowest BCUT2D eigenvalue weighted by molar-refractivity contribution is -0.121. The minimum atomic E-state index is -0.800. The van der Waals surface area contributed by atoms with Crippen molar-refractivity contribution in [2.24, 2.45) is 5.92 Å². The number of aliphatic hydroxyl groups is 1. The molecule has 0 aliphatic carbocycles. The largest absolute Gasteiger partial charge is 0.497 e. The quantitative estimate of drug-likeness (QED) is 0.229. The van der Waals surface area contributed by atoms with E-state index in [9.17, 15) is 14.7 Å². The van der Waals surface area contributed by atoms with E-state index in [1.54, 1.807) is 38.5 Å². The number of hydrogen-bond donors (Lipinski definition) is 1. The molecule has 0 radical (unpaired) electrons. The number of hydrogen-bond acceptors (Lipinski definition) is 8. The Morgan fingerprint density at radius 2 is 1.75 bits per heavy atom. The predicted octanol–water partition coefficient (Wildman–Crippen LogP) is 5.02. The molecule has 1 fully saturated rings. The Hall–Kier alpha value is -2.94.